The molecule has 9 nitrogen and oxygen atoms in total. The lowest BCUT2D eigenvalue weighted by Gasteiger charge is -2.36. The quantitative estimate of drug-likeness (QED) is 0.173. The Labute approximate surface area is 302 Å². The third-order valence-electron chi connectivity index (χ3n) is 10.8. The second kappa shape index (κ2) is 13.1. The summed E-state index contributed by atoms with van der Waals surface area (Å²) in [5.41, 5.74) is 4.35. The highest BCUT2D eigenvalue weighted by molar-refractivity contribution is 6.27. The summed E-state index contributed by atoms with van der Waals surface area (Å²) in [6, 6.07) is 32.1. The number of anilines is 3. The van der Waals surface area contributed by atoms with Gasteiger partial charge >= 0.3 is 0 Å². The zero-order valence-corrected chi connectivity index (χ0v) is 29.0. The number of ether oxygens (including phenoxy) is 1. The largest absolute Gasteiger partial charge is 0.497 e. The molecule has 0 radical (unpaired) electrons. The van der Waals surface area contributed by atoms with Crippen molar-refractivity contribution in [2.45, 2.75) is 44.5 Å². The van der Waals surface area contributed by atoms with Gasteiger partial charge in [0, 0.05) is 35.5 Å². The predicted octanol–water partition coefficient (Wildman–Crippen LogP) is 6.40. The summed E-state index contributed by atoms with van der Waals surface area (Å²) in [7, 11) is 1.54. The topological polar surface area (TPSA) is 111 Å². The Morgan fingerprint density at radius 3 is 2.44 bits per heavy atom. The predicted molar refractivity (Wildman–Crippen MR) is 199 cm³/mol. The average molecular weight is 694 g/mol. The first kappa shape index (κ1) is 33.4. The second-order valence-electron chi connectivity index (χ2n) is 13.8. The molecule has 262 valence electrons. The van der Waals surface area contributed by atoms with Crippen molar-refractivity contribution in [3.8, 4) is 5.75 Å². The fourth-order valence-corrected chi connectivity index (χ4v) is 7.99. The molecule has 3 heterocycles. The lowest BCUT2D eigenvalue weighted by atomic mass is 9.82. The molecule has 0 unspecified atom stereocenters. The Kier molecular flexibility index (Phi) is 8.40. The molecular formula is C43H39N3O6. The average Bonchev–Trinajstić information content (AvgIpc) is 3.58. The number of hydrogen-bond donors (Lipinski definition) is 2. The summed E-state index contributed by atoms with van der Waals surface area (Å²) in [5, 5.41) is 24.2. The van der Waals surface area contributed by atoms with Crippen molar-refractivity contribution in [2.24, 2.45) is 5.92 Å². The highest BCUT2D eigenvalue weighted by atomic mass is 16.5. The molecule has 5 aromatic carbocycles. The smallest absolute Gasteiger partial charge is 0.264 e. The van der Waals surface area contributed by atoms with Crippen LogP contribution in [-0.4, -0.2) is 52.6 Å². The summed E-state index contributed by atoms with van der Waals surface area (Å²) in [5.74, 6) is -0.875. The standard InChI is InChI=1S/C43H39N3O6/c1-27(8-5-15-39(48)44-25-31-10-4-3-9-30(31)22-33(44)26-47)43(51)36-23-34(52-2)20-21-37(36)45(42(43)50)24-28-16-18-32(19-17-28)46-38-14-7-12-29-11-6-13-35(40(29)38)41(46)49/h3-14,16-21,23,27,33,47,51H,15,22,24-26H2,1-2H3/b8-5+/t27-,33+,43+/m1/s1. The molecule has 3 aliphatic heterocycles. The van der Waals surface area contributed by atoms with E-state index in [0.717, 1.165) is 38.8 Å². The van der Waals surface area contributed by atoms with E-state index in [1.54, 1.807) is 52.0 Å². The first-order valence-corrected chi connectivity index (χ1v) is 17.5. The van der Waals surface area contributed by atoms with Gasteiger partial charge in [-0.15, -0.1) is 0 Å². The minimum absolute atomic E-state index is 0.0629. The Morgan fingerprint density at radius 2 is 1.69 bits per heavy atom. The minimum atomic E-state index is -1.91. The molecule has 3 amide bonds. The molecule has 0 aromatic heterocycles. The molecule has 3 aliphatic rings. The van der Waals surface area contributed by atoms with E-state index in [4.69, 9.17) is 4.74 Å². The molecule has 0 saturated heterocycles. The van der Waals surface area contributed by atoms with E-state index in [0.29, 0.717) is 35.5 Å². The van der Waals surface area contributed by atoms with Gasteiger partial charge in [-0.05, 0) is 71.0 Å². The Bertz CT molecular complexity index is 2260. The Hall–Kier alpha value is -5.77. The van der Waals surface area contributed by atoms with Crippen molar-refractivity contribution in [1.29, 1.82) is 0 Å². The van der Waals surface area contributed by atoms with E-state index >= 15 is 0 Å². The molecule has 0 fully saturated rings. The first-order chi connectivity index (χ1) is 25.2. The maximum Gasteiger partial charge on any atom is 0.264 e. The van der Waals surface area contributed by atoms with Crippen LogP contribution in [-0.2, 0) is 34.7 Å². The van der Waals surface area contributed by atoms with Crippen LogP contribution in [0.3, 0.4) is 0 Å². The maximum atomic E-state index is 14.3. The summed E-state index contributed by atoms with van der Waals surface area (Å²) >= 11 is 0. The number of methoxy groups -OCH3 is 1. The maximum absolute atomic E-state index is 14.3. The number of aliphatic hydroxyl groups excluding tert-OH is 1. The van der Waals surface area contributed by atoms with E-state index in [1.807, 2.05) is 84.9 Å². The molecule has 5 aromatic rings. The van der Waals surface area contributed by atoms with Crippen molar-refractivity contribution in [2.75, 3.05) is 23.5 Å². The molecular weight excluding hydrogens is 654 g/mol. The van der Waals surface area contributed by atoms with Crippen LogP contribution in [0, 0.1) is 5.92 Å². The Balaban J connectivity index is 1.01. The van der Waals surface area contributed by atoms with Gasteiger partial charge in [-0.1, -0.05) is 79.7 Å². The summed E-state index contributed by atoms with van der Waals surface area (Å²) in [6.07, 6.45) is 4.07. The van der Waals surface area contributed by atoms with Crippen molar-refractivity contribution in [3.05, 3.63) is 143 Å². The van der Waals surface area contributed by atoms with E-state index in [-0.39, 0.29) is 37.4 Å². The minimum Gasteiger partial charge on any atom is -0.497 e. The van der Waals surface area contributed by atoms with Crippen LogP contribution < -0.4 is 14.5 Å². The Morgan fingerprint density at radius 1 is 0.942 bits per heavy atom. The molecule has 3 atom stereocenters. The molecule has 52 heavy (non-hydrogen) atoms. The van der Waals surface area contributed by atoms with Gasteiger partial charge in [-0.2, -0.15) is 0 Å². The first-order valence-electron chi connectivity index (χ1n) is 17.5. The van der Waals surface area contributed by atoms with Gasteiger partial charge in [-0.3, -0.25) is 19.3 Å². The van der Waals surface area contributed by atoms with Gasteiger partial charge in [-0.25, -0.2) is 0 Å². The zero-order valence-electron chi connectivity index (χ0n) is 29.0. The van der Waals surface area contributed by atoms with Crippen molar-refractivity contribution in [1.82, 2.24) is 4.90 Å². The number of nitrogens with zero attached hydrogens (tertiary/aromatic N) is 3. The third kappa shape index (κ3) is 5.36. The van der Waals surface area contributed by atoms with E-state index in [2.05, 4.69) is 0 Å². The highest BCUT2D eigenvalue weighted by Crippen LogP contribution is 2.47. The van der Waals surface area contributed by atoms with E-state index in [9.17, 15) is 24.6 Å². The molecule has 0 spiro atoms. The van der Waals surface area contributed by atoms with Crippen molar-refractivity contribution >= 4 is 45.6 Å². The summed E-state index contributed by atoms with van der Waals surface area (Å²) in [4.78, 5) is 46.1. The van der Waals surface area contributed by atoms with Gasteiger partial charge in [0.15, 0.2) is 5.60 Å². The number of amides is 3. The summed E-state index contributed by atoms with van der Waals surface area (Å²) in [6.45, 7) is 2.25. The van der Waals surface area contributed by atoms with Gasteiger partial charge < -0.3 is 24.7 Å². The number of rotatable bonds is 9. The number of aliphatic hydroxyl groups is 2. The molecule has 2 N–H and O–H groups in total. The summed E-state index contributed by atoms with van der Waals surface area (Å²) < 4.78 is 5.48. The normalized spacial score (nSPS) is 19.8. The van der Waals surface area contributed by atoms with Gasteiger partial charge in [0.25, 0.3) is 11.8 Å². The van der Waals surface area contributed by atoms with Crippen LogP contribution in [0.2, 0.25) is 0 Å². The number of carbonyl (C=O) groups excluding carboxylic acids is 3. The van der Waals surface area contributed by atoms with Crippen LogP contribution in [0.5, 0.6) is 5.75 Å². The SMILES string of the molecule is COc1ccc2c(c1)[C@@](O)([C@H](C)/C=C/CC(=O)N1Cc3ccccc3C[C@H]1CO)C(=O)N2Cc1ccc(N2C(=O)c3cccc4cccc2c34)cc1. The molecule has 9 heteroatoms. The van der Waals surface area contributed by atoms with Crippen LogP contribution in [0.25, 0.3) is 10.8 Å². The van der Waals surface area contributed by atoms with Crippen LogP contribution in [0.4, 0.5) is 17.1 Å². The fraction of sp³-hybridized carbons (Fsp3) is 0.233. The molecule has 0 saturated carbocycles. The molecule has 0 bridgehead atoms. The van der Waals surface area contributed by atoms with Crippen LogP contribution in [0.1, 0.15) is 46.0 Å². The number of hydrogen-bond acceptors (Lipinski definition) is 6. The van der Waals surface area contributed by atoms with E-state index in [1.165, 1.54) is 7.11 Å². The van der Waals surface area contributed by atoms with Crippen molar-refractivity contribution in [3.63, 3.8) is 0 Å². The third-order valence-corrected chi connectivity index (χ3v) is 10.8. The monoisotopic (exact) mass is 693 g/mol. The lowest BCUT2D eigenvalue weighted by Crippen LogP contribution is -2.46. The number of fused-ring (bicyclic) bond motifs is 2. The number of benzene rings is 5. The molecule has 0 aliphatic carbocycles. The van der Waals surface area contributed by atoms with Crippen LogP contribution >= 0.6 is 0 Å². The fourth-order valence-electron chi connectivity index (χ4n) is 7.99. The van der Waals surface area contributed by atoms with Crippen molar-refractivity contribution < 1.29 is 29.3 Å². The van der Waals surface area contributed by atoms with Gasteiger partial charge in [0.1, 0.15) is 5.75 Å². The number of carbonyl (C=O) groups is 3. The zero-order chi connectivity index (χ0) is 36.1. The van der Waals surface area contributed by atoms with E-state index < -0.39 is 17.4 Å². The van der Waals surface area contributed by atoms with Gasteiger partial charge in [0.2, 0.25) is 5.91 Å². The lowest BCUT2D eigenvalue weighted by molar-refractivity contribution is -0.139. The highest BCUT2D eigenvalue weighted by Gasteiger charge is 2.52. The van der Waals surface area contributed by atoms with Crippen LogP contribution in [0.15, 0.2) is 115 Å². The molecule has 8 rings (SSSR count). The van der Waals surface area contributed by atoms with Gasteiger partial charge in [0.05, 0.1) is 43.2 Å². The second-order valence-corrected chi connectivity index (χ2v) is 13.8.